The zero-order chi connectivity index (χ0) is 16.6. The molecule has 2 aliphatic rings. The van der Waals surface area contributed by atoms with Crippen LogP contribution in [-0.2, 0) is 11.3 Å². The number of amides is 1. The molecule has 1 aliphatic heterocycles. The van der Waals surface area contributed by atoms with E-state index in [2.05, 4.69) is 21.4 Å². The molecule has 1 aliphatic carbocycles. The highest BCUT2D eigenvalue weighted by atomic mass is 16.5. The first-order valence-corrected chi connectivity index (χ1v) is 8.35. The number of nitrogens with one attached hydrogen (secondary N) is 2. The monoisotopic (exact) mass is 323 g/mol. The van der Waals surface area contributed by atoms with Crippen LogP contribution in [0.25, 0.3) is 10.9 Å². The smallest absolute Gasteiger partial charge is 0.226 e. The summed E-state index contributed by atoms with van der Waals surface area (Å²) in [5.74, 6) is 0.962. The molecule has 0 bridgehead atoms. The van der Waals surface area contributed by atoms with Gasteiger partial charge in [0.15, 0.2) is 0 Å². The highest BCUT2D eigenvalue weighted by Gasteiger charge is 2.44. The van der Waals surface area contributed by atoms with Gasteiger partial charge in [0.2, 0.25) is 5.91 Å². The topological polar surface area (TPSA) is 66.5 Å². The molecule has 1 saturated carbocycles. The molecule has 0 atom stereocenters. The Morgan fingerprint density at radius 1 is 1.38 bits per heavy atom. The Labute approximate surface area is 140 Å². The molecule has 24 heavy (non-hydrogen) atoms. The molecular formula is C19H21N3O2. The molecule has 4 rings (SSSR count). The number of aliphatic imine (C=N–C) groups is 1. The lowest BCUT2D eigenvalue weighted by molar-refractivity contribution is -0.125. The van der Waals surface area contributed by atoms with Gasteiger partial charge in [0.25, 0.3) is 0 Å². The van der Waals surface area contributed by atoms with Crippen molar-refractivity contribution in [2.75, 3.05) is 13.2 Å². The zero-order valence-electron chi connectivity index (χ0n) is 13.8. The molecule has 1 amide bonds. The van der Waals surface area contributed by atoms with E-state index in [4.69, 9.17) is 4.74 Å². The Kier molecular flexibility index (Phi) is 3.63. The number of fused-ring (bicyclic) bond motifs is 1. The summed E-state index contributed by atoms with van der Waals surface area (Å²) in [4.78, 5) is 19.7. The summed E-state index contributed by atoms with van der Waals surface area (Å²) in [5, 5.41) is 4.13. The number of carbonyl (C=O) groups excluding carboxylic acids is 1. The minimum absolute atomic E-state index is 0.134. The Balaban J connectivity index is 1.41. The van der Waals surface area contributed by atoms with Gasteiger partial charge in [0, 0.05) is 22.7 Å². The number of benzene rings is 1. The lowest BCUT2D eigenvalue weighted by Crippen LogP contribution is -2.29. The molecule has 2 heterocycles. The van der Waals surface area contributed by atoms with E-state index in [0.717, 1.165) is 47.4 Å². The second-order valence-corrected chi connectivity index (χ2v) is 6.81. The molecule has 1 aromatic carbocycles. The largest absolute Gasteiger partial charge is 0.487 e. The number of rotatable bonds is 6. The van der Waals surface area contributed by atoms with E-state index in [1.54, 1.807) is 0 Å². The first kappa shape index (κ1) is 15.0. The highest BCUT2D eigenvalue weighted by molar-refractivity contribution is 5.97. The van der Waals surface area contributed by atoms with Gasteiger partial charge >= 0.3 is 0 Å². The maximum absolute atomic E-state index is 12.0. The Bertz CT molecular complexity index is 843. The van der Waals surface area contributed by atoms with Crippen molar-refractivity contribution >= 4 is 22.5 Å². The molecule has 124 valence electrons. The number of carbonyl (C=O) groups is 1. The molecule has 2 N–H and O–H groups in total. The summed E-state index contributed by atoms with van der Waals surface area (Å²) in [5.41, 5.74) is 2.85. The van der Waals surface area contributed by atoms with E-state index < -0.39 is 0 Å². The number of nitrogens with zero attached hydrogens (tertiary/aromatic N) is 1. The van der Waals surface area contributed by atoms with Crippen LogP contribution in [0.1, 0.15) is 25.5 Å². The average molecular weight is 323 g/mol. The number of H-pyrrole nitrogens is 1. The van der Waals surface area contributed by atoms with Crippen LogP contribution in [-0.4, -0.2) is 29.8 Å². The van der Waals surface area contributed by atoms with Crippen LogP contribution in [0.2, 0.25) is 0 Å². The van der Waals surface area contributed by atoms with Gasteiger partial charge in [-0.3, -0.25) is 9.79 Å². The van der Waals surface area contributed by atoms with Gasteiger partial charge in [-0.05, 0) is 42.5 Å². The molecule has 5 heteroatoms. The fraction of sp³-hybridized carbons (Fsp3) is 0.368. The van der Waals surface area contributed by atoms with E-state index in [9.17, 15) is 4.79 Å². The van der Waals surface area contributed by atoms with Crippen LogP contribution in [0.4, 0.5) is 0 Å². The lowest BCUT2D eigenvalue weighted by Gasteiger charge is -2.08. The van der Waals surface area contributed by atoms with E-state index in [1.807, 2.05) is 37.3 Å². The first-order valence-electron chi connectivity index (χ1n) is 8.35. The normalized spacial score (nSPS) is 17.8. The van der Waals surface area contributed by atoms with Gasteiger partial charge in [-0.1, -0.05) is 13.0 Å². The maximum Gasteiger partial charge on any atom is 0.226 e. The van der Waals surface area contributed by atoms with Crippen LogP contribution in [0.3, 0.4) is 0 Å². The highest BCUT2D eigenvalue weighted by Crippen LogP contribution is 2.45. The Morgan fingerprint density at radius 2 is 2.25 bits per heavy atom. The maximum atomic E-state index is 12.0. The van der Waals surface area contributed by atoms with Gasteiger partial charge in [-0.15, -0.1) is 0 Å². The fourth-order valence-corrected chi connectivity index (χ4v) is 2.82. The number of aromatic amines is 1. The van der Waals surface area contributed by atoms with Crippen LogP contribution >= 0.6 is 0 Å². The third-order valence-corrected chi connectivity index (χ3v) is 4.73. The molecule has 2 aromatic rings. The van der Waals surface area contributed by atoms with Gasteiger partial charge in [0.05, 0.1) is 18.8 Å². The van der Waals surface area contributed by atoms with Crippen molar-refractivity contribution in [2.24, 2.45) is 10.4 Å². The van der Waals surface area contributed by atoms with Crippen molar-refractivity contribution in [1.29, 1.82) is 0 Å². The molecule has 5 nitrogen and oxygen atoms in total. The summed E-state index contributed by atoms with van der Waals surface area (Å²) in [7, 11) is 0. The summed E-state index contributed by atoms with van der Waals surface area (Å²) in [6.07, 6.45) is 6.00. The van der Waals surface area contributed by atoms with Crippen LogP contribution < -0.4 is 10.1 Å². The molecule has 1 aromatic heterocycles. The third kappa shape index (κ3) is 3.07. The van der Waals surface area contributed by atoms with Gasteiger partial charge in [-0.2, -0.15) is 0 Å². The van der Waals surface area contributed by atoms with Crippen molar-refractivity contribution in [3.8, 4) is 5.75 Å². The Morgan fingerprint density at radius 3 is 3.00 bits per heavy atom. The minimum atomic E-state index is -0.134. The summed E-state index contributed by atoms with van der Waals surface area (Å²) in [6, 6.07) is 8.05. The van der Waals surface area contributed by atoms with E-state index in [1.165, 1.54) is 0 Å². The van der Waals surface area contributed by atoms with Crippen molar-refractivity contribution in [2.45, 2.75) is 26.3 Å². The summed E-state index contributed by atoms with van der Waals surface area (Å²) < 4.78 is 5.79. The first-order chi connectivity index (χ1) is 11.6. The second-order valence-electron chi connectivity index (χ2n) is 6.81. The van der Waals surface area contributed by atoms with Crippen LogP contribution in [0.5, 0.6) is 5.75 Å². The quantitative estimate of drug-likeness (QED) is 0.858. The number of hydrogen-bond donors (Lipinski definition) is 2. The molecule has 0 radical (unpaired) electrons. The van der Waals surface area contributed by atoms with Crippen molar-refractivity contribution < 1.29 is 9.53 Å². The molecule has 0 saturated heterocycles. The predicted molar refractivity (Wildman–Crippen MR) is 94.4 cm³/mol. The van der Waals surface area contributed by atoms with Gasteiger partial charge in [0.1, 0.15) is 12.4 Å². The zero-order valence-corrected chi connectivity index (χ0v) is 13.8. The standard InChI is InChI=1S/C19H21N3O2/c1-19(6-7-19)18(23)21-11-15-9-13-4-5-16(10-17(13)22-15)24-12-14-3-2-8-20-14/h2-5,9-10,22H,6-8,11-12H2,1H3,(H,21,23). The molecule has 1 fully saturated rings. The predicted octanol–water partition coefficient (Wildman–Crippen LogP) is 2.97. The number of aromatic nitrogens is 1. The average Bonchev–Trinajstić information content (AvgIpc) is 3.03. The summed E-state index contributed by atoms with van der Waals surface area (Å²) >= 11 is 0. The van der Waals surface area contributed by atoms with Crippen LogP contribution in [0, 0.1) is 5.41 Å². The third-order valence-electron chi connectivity index (χ3n) is 4.73. The number of hydrogen-bond acceptors (Lipinski definition) is 3. The van der Waals surface area contributed by atoms with E-state index in [-0.39, 0.29) is 11.3 Å². The lowest BCUT2D eigenvalue weighted by atomic mass is 10.1. The minimum Gasteiger partial charge on any atom is -0.487 e. The SMILES string of the molecule is CC1(C(=O)NCc2cc3ccc(OCC4=NCC=C4)cc3[nH]2)CC1. The molecular weight excluding hydrogens is 302 g/mol. The Hall–Kier alpha value is -2.56. The van der Waals surface area contributed by atoms with Gasteiger partial charge < -0.3 is 15.0 Å². The van der Waals surface area contributed by atoms with Crippen molar-refractivity contribution in [3.63, 3.8) is 0 Å². The summed E-state index contributed by atoms with van der Waals surface area (Å²) in [6.45, 7) is 3.79. The van der Waals surface area contributed by atoms with Gasteiger partial charge in [-0.25, -0.2) is 0 Å². The fourth-order valence-electron chi connectivity index (χ4n) is 2.82. The van der Waals surface area contributed by atoms with E-state index in [0.29, 0.717) is 13.2 Å². The van der Waals surface area contributed by atoms with E-state index >= 15 is 0 Å². The molecule has 0 spiro atoms. The molecule has 0 unspecified atom stereocenters. The second kappa shape index (κ2) is 5.82. The van der Waals surface area contributed by atoms with Crippen molar-refractivity contribution in [3.05, 3.63) is 42.1 Å². The van der Waals surface area contributed by atoms with Crippen molar-refractivity contribution in [1.82, 2.24) is 10.3 Å². The van der Waals surface area contributed by atoms with Crippen LogP contribution in [0.15, 0.2) is 41.4 Å². The number of ether oxygens (including phenoxy) is 1.